The van der Waals surface area contributed by atoms with Gasteiger partial charge in [0.25, 0.3) is 5.91 Å². The lowest BCUT2D eigenvalue weighted by molar-refractivity contribution is -0.136. The molecule has 0 bridgehead atoms. The third-order valence-electron chi connectivity index (χ3n) is 4.36. The third kappa shape index (κ3) is 2.40. The molecule has 2 heterocycles. The van der Waals surface area contributed by atoms with E-state index in [0.717, 1.165) is 6.07 Å². The highest BCUT2D eigenvalue weighted by atomic mass is 19.2. The summed E-state index contributed by atoms with van der Waals surface area (Å²) in [5.74, 6) is -3.66. The highest BCUT2D eigenvalue weighted by Crippen LogP contribution is 2.35. The van der Waals surface area contributed by atoms with Crippen LogP contribution in [0.5, 0.6) is 0 Å². The van der Waals surface area contributed by atoms with Crippen molar-refractivity contribution >= 4 is 17.7 Å². The van der Waals surface area contributed by atoms with Crippen LogP contribution in [-0.4, -0.2) is 28.7 Å². The molecule has 0 aliphatic carbocycles. The van der Waals surface area contributed by atoms with Gasteiger partial charge in [0.2, 0.25) is 11.8 Å². The SMILES string of the molecule is CC(C)c1cc(F)c(F)c2c1C(=O)N(C1CCC(=O)NC1=O)C2. The molecule has 0 aromatic heterocycles. The normalized spacial score (nSPS) is 21.0. The molecular weight excluding hydrogens is 306 g/mol. The number of nitrogens with one attached hydrogen (secondary N) is 1. The predicted molar refractivity (Wildman–Crippen MR) is 76.5 cm³/mol. The number of fused-ring (bicyclic) bond motifs is 1. The largest absolute Gasteiger partial charge is 0.322 e. The van der Waals surface area contributed by atoms with Gasteiger partial charge in [0.1, 0.15) is 6.04 Å². The van der Waals surface area contributed by atoms with E-state index >= 15 is 0 Å². The van der Waals surface area contributed by atoms with Gasteiger partial charge in [0, 0.05) is 12.0 Å². The summed E-state index contributed by atoms with van der Waals surface area (Å²) in [6.45, 7) is 3.41. The average Bonchev–Trinajstić information content (AvgIpc) is 2.81. The summed E-state index contributed by atoms with van der Waals surface area (Å²) in [5, 5.41) is 2.18. The van der Waals surface area contributed by atoms with E-state index < -0.39 is 35.4 Å². The first kappa shape index (κ1) is 15.6. The van der Waals surface area contributed by atoms with Crippen LogP contribution in [0.1, 0.15) is 54.1 Å². The number of imide groups is 1. The molecule has 122 valence electrons. The van der Waals surface area contributed by atoms with Crippen LogP contribution in [0.15, 0.2) is 6.07 Å². The second-order valence-corrected chi connectivity index (χ2v) is 6.17. The molecule has 1 N–H and O–H groups in total. The summed E-state index contributed by atoms with van der Waals surface area (Å²) in [7, 11) is 0. The van der Waals surface area contributed by atoms with Crippen LogP contribution in [0.25, 0.3) is 0 Å². The molecule has 1 unspecified atom stereocenters. The van der Waals surface area contributed by atoms with Crippen molar-refractivity contribution in [3.63, 3.8) is 0 Å². The average molecular weight is 322 g/mol. The molecule has 23 heavy (non-hydrogen) atoms. The van der Waals surface area contributed by atoms with Crippen LogP contribution < -0.4 is 5.32 Å². The van der Waals surface area contributed by atoms with Gasteiger partial charge in [-0.05, 0) is 24.0 Å². The zero-order chi connectivity index (χ0) is 16.9. The van der Waals surface area contributed by atoms with E-state index in [9.17, 15) is 23.2 Å². The zero-order valence-electron chi connectivity index (χ0n) is 12.8. The fourth-order valence-corrected chi connectivity index (χ4v) is 3.17. The first-order valence-electron chi connectivity index (χ1n) is 7.46. The Morgan fingerprint density at radius 2 is 1.96 bits per heavy atom. The summed E-state index contributed by atoms with van der Waals surface area (Å²) in [4.78, 5) is 37.1. The Labute approximate surface area is 131 Å². The number of nitrogens with zero attached hydrogens (tertiary/aromatic N) is 1. The van der Waals surface area contributed by atoms with Crippen molar-refractivity contribution in [1.82, 2.24) is 10.2 Å². The van der Waals surface area contributed by atoms with E-state index in [1.54, 1.807) is 13.8 Å². The summed E-state index contributed by atoms with van der Waals surface area (Å²) in [6.07, 6.45) is 0.302. The van der Waals surface area contributed by atoms with Gasteiger partial charge in [0.05, 0.1) is 12.1 Å². The lowest BCUT2D eigenvalue weighted by Crippen LogP contribution is -2.52. The van der Waals surface area contributed by atoms with Gasteiger partial charge in [-0.2, -0.15) is 0 Å². The molecule has 0 spiro atoms. The van der Waals surface area contributed by atoms with Crippen LogP contribution in [0.3, 0.4) is 0 Å². The van der Waals surface area contributed by atoms with Crippen molar-refractivity contribution < 1.29 is 23.2 Å². The van der Waals surface area contributed by atoms with Crippen molar-refractivity contribution in [2.24, 2.45) is 0 Å². The Morgan fingerprint density at radius 3 is 2.57 bits per heavy atom. The maximum absolute atomic E-state index is 14.1. The lowest BCUT2D eigenvalue weighted by atomic mass is 9.94. The van der Waals surface area contributed by atoms with E-state index in [2.05, 4.69) is 5.32 Å². The maximum Gasteiger partial charge on any atom is 0.255 e. The van der Waals surface area contributed by atoms with Gasteiger partial charge in [-0.3, -0.25) is 19.7 Å². The van der Waals surface area contributed by atoms with Crippen molar-refractivity contribution in [2.45, 2.75) is 45.2 Å². The summed E-state index contributed by atoms with van der Waals surface area (Å²) < 4.78 is 27.9. The van der Waals surface area contributed by atoms with Crippen LogP contribution >= 0.6 is 0 Å². The monoisotopic (exact) mass is 322 g/mol. The number of hydrogen-bond acceptors (Lipinski definition) is 3. The molecule has 2 aliphatic rings. The first-order chi connectivity index (χ1) is 10.8. The van der Waals surface area contributed by atoms with E-state index in [0.29, 0.717) is 5.56 Å². The molecule has 3 rings (SSSR count). The molecule has 1 saturated heterocycles. The van der Waals surface area contributed by atoms with E-state index in [1.165, 1.54) is 4.90 Å². The van der Waals surface area contributed by atoms with Crippen LogP contribution in [0, 0.1) is 11.6 Å². The lowest BCUT2D eigenvalue weighted by Gasteiger charge is -2.29. The van der Waals surface area contributed by atoms with Crippen molar-refractivity contribution in [2.75, 3.05) is 0 Å². The number of carbonyl (C=O) groups is 3. The third-order valence-corrected chi connectivity index (χ3v) is 4.36. The highest BCUT2D eigenvalue weighted by molar-refractivity contribution is 6.06. The smallest absolute Gasteiger partial charge is 0.255 e. The number of piperidine rings is 1. The van der Waals surface area contributed by atoms with E-state index in [-0.39, 0.29) is 36.4 Å². The number of amides is 3. The number of benzene rings is 1. The van der Waals surface area contributed by atoms with Gasteiger partial charge in [0.15, 0.2) is 11.6 Å². The molecule has 1 aromatic carbocycles. The molecule has 0 radical (unpaired) electrons. The van der Waals surface area contributed by atoms with Gasteiger partial charge in [-0.1, -0.05) is 13.8 Å². The molecule has 1 aromatic rings. The number of halogens is 2. The Kier molecular flexibility index (Phi) is 3.66. The topological polar surface area (TPSA) is 66.5 Å². The minimum Gasteiger partial charge on any atom is -0.322 e. The van der Waals surface area contributed by atoms with Crippen molar-refractivity contribution in [3.8, 4) is 0 Å². The molecular formula is C16H16F2N2O3. The van der Waals surface area contributed by atoms with Crippen LogP contribution in [-0.2, 0) is 16.1 Å². The highest BCUT2D eigenvalue weighted by Gasteiger charge is 2.42. The molecule has 3 amide bonds. The minimum absolute atomic E-state index is 0.0107. The number of hydrogen-bond donors (Lipinski definition) is 1. The molecule has 0 saturated carbocycles. The minimum atomic E-state index is -1.05. The van der Waals surface area contributed by atoms with Gasteiger partial charge >= 0.3 is 0 Å². The Morgan fingerprint density at radius 1 is 1.26 bits per heavy atom. The van der Waals surface area contributed by atoms with Crippen LogP contribution in [0.2, 0.25) is 0 Å². The molecule has 7 heteroatoms. The van der Waals surface area contributed by atoms with Gasteiger partial charge < -0.3 is 4.90 Å². The Bertz CT molecular complexity index is 731. The number of carbonyl (C=O) groups excluding carboxylic acids is 3. The van der Waals surface area contributed by atoms with Gasteiger partial charge in [-0.25, -0.2) is 8.78 Å². The molecule has 1 fully saturated rings. The van der Waals surface area contributed by atoms with Crippen molar-refractivity contribution in [3.05, 3.63) is 34.4 Å². The fourth-order valence-electron chi connectivity index (χ4n) is 3.17. The maximum atomic E-state index is 14.1. The number of rotatable bonds is 2. The standard InChI is InChI=1S/C16H16F2N2O3/c1-7(2)8-5-10(17)14(18)9-6-20(16(23)13(8)9)11-3-4-12(21)19-15(11)22/h5,7,11H,3-4,6H2,1-2H3,(H,19,21,22). The van der Waals surface area contributed by atoms with E-state index in [4.69, 9.17) is 0 Å². The zero-order valence-corrected chi connectivity index (χ0v) is 12.8. The quantitative estimate of drug-likeness (QED) is 0.845. The Hall–Kier alpha value is -2.31. The van der Waals surface area contributed by atoms with Crippen molar-refractivity contribution in [1.29, 1.82) is 0 Å². The predicted octanol–water partition coefficient (Wildman–Crippen LogP) is 1.85. The summed E-state index contributed by atoms with van der Waals surface area (Å²) in [5.41, 5.74) is 0.561. The summed E-state index contributed by atoms with van der Waals surface area (Å²) >= 11 is 0. The first-order valence-corrected chi connectivity index (χ1v) is 7.46. The summed E-state index contributed by atoms with van der Waals surface area (Å²) in [6, 6.07) is 0.208. The second kappa shape index (κ2) is 5.40. The second-order valence-electron chi connectivity index (χ2n) is 6.17. The van der Waals surface area contributed by atoms with Crippen LogP contribution in [0.4, 0.5) is 8.78 Å². The molecule has 5 nitrogen and oxygen atoms in total. The Balaban J connectivity index is 2.02. The molecule has 2 aliphatic heterocycles. The van der Waals surface area contributed by atoms with E-state index in [1.807, 2.05) is 0 Å². The fraction of sp³-hybridized carbons (Fsp3) is 0.438. The molecule has 1 atom stereocenters. The van der Waals surface area contributed by atoms with Gasteiger partial charge in [-0.15, -0.1) is 0 Å².